The summed E-state index contributed by atoms with van der Waals surface area (Å²) in [6.45, 7) is 1.92. The summed E-state index contributed by atoms with van der Waals surface area (Å²) < 4.78 is 26.9. The van der Waals surface area contributed by atoms with E-state index in [0.717, 1.165) is 43.9 Å². The molecule has 45 heavy (non-hydrogen) atoms. The summed E-state index contributed by atoms with van der Waals surface area (Å²) in [7, 11) is -3.66. The fourth-order valence-electron chi connectivity index (χ4n) is 5.78. The van der Waals surface area contributed by atoms with Gasteiger partial charge >= 0.3 is 0 Å². The molecule has 2 amide bonds. The predicted octanol–water partition coefficient (Wildman–Crippen LogP) is 7.59. The maximum Gasteiger partial charge on any atom is 0.243 e. The van der Waals surface area contributed by atoms with E-state index < -0.39 is 16.1 Å². The maximum atomic E-state index is 14.1. The van der Waals surface area contributed by atoms with E-state index in [9.17, 15) is 18.0 Å². The monoisotopic (exact) mass is 691 g/mol. The first-order chi connectivity index (χ1) is 21.4. The quantitative estimate of drug-likeness (QED) is 0.200. The van der Waals surface area contributed by atoms with Crippen LogP contribution in [0.4, 0.5) is 5.69 Å². The number of hydrogen-bond acceptors (Lipinski definition) is 4. The van der Waals surface area contributed by atoms with Crippen molar-refractivity contribution in [2.75, 3.05) is 17.1 Å². The van der Waals surface area contributed by atoms with Gasteiger partial charge in [-0.3, -0.25) is 13.9 Å². The summed E-state index contributed by atoms with van der Waals surface area (Å²) in [5.41, 5.74) is 2.68. The van der Waals surface area contributed by atoms with Crippen LogP contribution in [0, 0.1) is 6.92 Å². The topological polar surface area (TPSA) is 86.8 Å². The first-order valence-electron chi connectivity index (χ1n) is 15.2. The third-order valence-corrected chi connectivity index (χ3v) is 10.4. The minimum Gasteiger partial charge on any atom is -0.352 e. The molecule has 7 nitrogen and oxygen atoms in total. The number of carbonyl (C=O) groups is 2. The lowest BCUT2D eigenvalue weighted by Crippen LogP contribution is -2.53. The van der Waals surface area contributed by atoms with E-state index in [-0.39, 0.29) is 43.8 Å². The molecule has 1 aliphatic rings. The molecule has 1 aliphatic carbocycles. The standard InChI is InChI=1S/C34H40Cl3N3O4S/c1-24-29(36)15-9-16-31(24)40(45(2,43)44)20-10-17-33(41)39(23-26-18-19-27(35)22-30(26)37)32(21-25-11-5-3-6-12-25)34(42)38-28-13-7-4-8-14-28/h3,5-6,9,11-12,15-16,18-19,22,28,32H,4,7-8,10,13-14,17,20-21,23H2,1-2H3,(H,38,42). The van der Waals surface area contributed by atoms with Crippen molar-refractivity contribution in [3.8, 4) is 0 Å². The highest BCUT2D eigenvalue weighted by atomic mass is 35.5. The highest BCUT2D eigenvalue weighted by Gasteiger charge is 2.32. The molecule has 1 atom stereocenters. The van der Waals surface area contributed by atoms with Crippen LogP contribution in [0.15, 0.2) is 66.7 Å². The number of halogens is 3. The number of benzene rings is 3. The lowest BCUT2D eigenvalue weighted by atomic mass is 9.94. The van der Waals surface area contributed by atoms with Gasteiger partial charge in [0.1, 0.15) is 6.04 Å². The Balaban J connectivity index is 1.63. The molecule has 0 radical (unpaired) electrons. The molecule has 1 N–H and O–H groups in total. The second kappa shape index (κ2) is 16.2. The van der Waals surface area contributed by atoms with E-state index in [1.54, 1.807) is 48.2 Å². The number of nitrogens with one attached hydrogen (secondary N) is 1. The fourth-order valence-corrected chi connectivity index (χ4v) is 7.43. The first kappa shape index (κ1) is 35.1. The lowest BCUT2D eigenvalue weighted by Gasteiger charge is -2.34. The normalized spacial score (nSPS) is 14.5. The Hall–Kier alpha value is -2.78. The number of sulfonamides is 1. The van der Waals surface area contributed by atoms with Gasteiger partial charge in [0.25, 0.3) is 0 Å². The Labute approximate surface area is 281 Å². The van der Waals surface area contributed by atoms with E-state index in [2.05, 4.69) is 5.32 Å². The van der Waals surface area contributed by atoms with E-state index in [1.807, 2.05) is 30.3 Å². The van der Waals surface area contributed by atoms with Crippen LogP contribution < -0.4 is 9.62 Å². The number of hydrogen-bond donors (Lipinski definition) is 1. The molecule has 3 aromatic rings. The number of carbonyl (C=O) groups excluding carboxylic acids is 2. The van der Waals surface area contributed by atoms with Crippen LogP contribution in [-0.2, 0) is 32.6 Å². The second-order valence-electron chi connectivity index (χ2n) is 11.6. The van der Waals surface area contributed by atoms with Crippen molar-refractivity contribution in [3.63, 3.8) is 0 Å². The van der Waals surface area contributed by atoms with Crippen molar-refractivity contribution in [1.82, 2.24) is 10.2 Å². The van der Waals surface area contributed by atoms with Gasteiger partial charge in [0, 0.05) is 47.0 Å². The first-order valence-corrected chi connectivity index (χ1v) is 18.2. The van der Waals surface area contributed by atoms with Crippen molar-refractivity contribution in [2.24, 2.45) is 0 Å². The molecule has 1 saturated carbocycles. The van der Waals surface area contributed by atoms with Crippen LogP contribution in [0.25, 0.3) is 0 Å². The molecule has 3 aromatic carbocycles. The highest BCUT2D eigenvalue weighted by molar-refractivity contribution is 7.92. The molecule has 4 rings (SSSR count). The van der Waals surface area contributed by atoms with Gasteiger partial charge < -0.3 is 10.2 Å². The molecule has 0 aliphatic heterocycles. The Morgan fingerprint density at radius 3 is 2.31 bits per heavy atom. The molecule has 0 heterocycles. The van der Waals surface area contributed by atoms with Gasteiger partial charge in [-0.1, -0.05) is 96.5 Å². The predicted molar refractivity (Wildman–Crippen MR) is 184 cm³/mol. The van der Waals surface area contributed by atoms with E-state index in [1.165, 1.54) is 4.31 Å². The van der Waals surface area contributed by atoms with Crippen LogP contribution in [0.2, 0.25) is 15.1 Å². The lowest BCUT2D eigenvalue weighted by molar-refractivity contribution is -0.141. The van der Waals surface area contributed by atoms with Crippen LogP contribution in [0.1, 0.15) is 61.6 Å². The van der Waals surface area contributed by atoms with Crippen LogP contribution in [-0.4, -0.2) is 50.0 Å². The summed E-state index contributed by atoms with van der Waals surface area (Å²) in [6, 6.07) is 19.0. The van der Waals surface area contributed by atoms with E-state index >= 15 is 0 Å². The molecular formula is C34H40Cl3N3O4S. The molecule has 0 aromatic heterocycles. The van der Waals surface area contributed by atoms with Crippen molar-refractivity contribution < 1.29 is 18.0 Å². The van der Waals surface area contributed by atoms with Crippen LogP contribution in [0.3, 0.4) is 0 Å². The molecule has 0 spiro atoms. The Kier molecular flexibility index (Phi) is 12.6. The van der Waals surface area contributed by atoms with Crippen molar-refractivity contribution in [2.45, 2.75) is 76.9 Å². The zero-order chi connectivity index (χ0) is 32.6. The molecule has 0 bridgehead atoms. The van der Waals surface area contributed by atoms with Crippen LogP contribution in [0.5, 0.6) is 0 Å². The Bertz CT molecular complexity index is 1580. The zero-order valence-electron chi connectivity index (χ0n) is 25.6. The van der Waals surface area contributed by atoms with Crippen LogP contribution >= 0.6 is 34.8 Å². The number of nitrogens with zero attached hydrogens (tertiary/aromatic N) is 2. The van der Waals surface area contributed by atoms with Crippen molar-refractivity contribution >= 4 is 62.3 Å². The average molecular weight is 693 g/mol. The smallest absolute Gasteiger partial charge is 0.243 e. The number of rotatable bonds is 13. The summed E-state index contributed by atoms with van der Waals surface area (Å²) in [6.07, 6.45) is 6.77. The second-order valence-corrected chi connectivity index (χ2v) is 14.8. The highest BCUT2D eigenvalue weighted by Crippen LogP contribution is 2.29. The third-order valence-electron chi connectivity index (χ3n) is 8.24. The number of anilines is 1. The Morgan fingerprint density at radius 2 is 1.64 bits per heavy atom. The van der Waals surface area contributed by atoms with E-state index in [4.69, 9.17) is 34.8 Å². The van der Waals surface area contributed by atoms with Gasteiger partial charge in [-0.25, -0.2) is 8.42 Å². The maximum absolute atomic E-state index is 14.1. The van der Waals surface area contributed by atoms with Crippen molar-refractivity contribution in [3.05, 3.63) is 98.5 Å². The van der Waals surface area contributed by atoms with Gasteiger partial charge in [0.05, 0.1) is 11.9 Å². The minimum absolute atomic E-state index is 0.0127. The summed E-state index contributed by atoms with van der Waals surface area (Å²) in [5.74, 6) is -0.492. The minimum atomic E-state index is -3.66. The molecule has 1 unspecified atom stereocenters. The summed E-state index contributed by atoms with van der Waals surface area (Å²) in [5, 5.41) is 4.54. The van der Waals surface area contributed by atoms with Gasteiger partial charge in [-0.15, -0.1) is 0 Å². The fraction of sp³-hybridized carbons (Fsp3) is 0.412. The van der Waals surface area contributed by atoms with Gasteiger partial charge in [-0.05, 0) is 67.1 Å². The molecule has 11 heteroatoms. The summed E-state index contributed by atoms with van der Waals surface area (Å²) >= 11 is 19.0. The molecular weight excluding hydrogens is 653 g/mol. The van der Waals surface area contributed by atoms with Gasteiger partial charge in [0.15, 0.2) is 0 Å². The molecule has 1 fully saturated rings. The van der Waals surface area contributed by atoms with Gasteiger partial charge in [-0.2, -0.15) is 0 Å². The molecule has 0 saturated heterocycles. The SMILES string of the molecule is Cc1c(Cl)cccc1N(CCCC(=O)N(Cc1ccc(Cl)cc1Cl)C(Cc1ccccc1)C(=O)NC1CCCCC1)S(C)(=O)=O. The third kappa shape index (κ3) is 9.85. The largest absolute Gasteiger partial charge is 0.352 e. The van der Waals surface area contributed by atoms with Gasteiger partial charge in [0.2, 0.25) is 21.8 Å². The number of amides is 2. The Morgan fingerprint density at radius 1 is 0.933 bits per heavy atom. The average Bonchev–Trinajstić information content (AvgIpc) is 3.00. The summed E-state index contributed by atoms with van der Waals surface area (Å²) in [4.78, 5) is 29.7. The molecule has 242 valence electrons. The van der Waals surface area contributed by atoms with E-state index in [0.29, 0.717) is 38.3 Å². The van der Waals surface area contributed by atoms with Crippen molar-refractivity contribution in [1.29, 1.82) is 0 Å². The zero-order valence-corrected chi connectivity index (χ0v) is 28.7.